The van der Waals surface area contributed by atoms with E-state index in [1.807, 2.05) is 19.1 Å². The van der Waals surface area contributed by atoms with E-state index in [1.54, 1.807) is 6.20 Å². The first-order valence-electron chi connectivity index (χ1n) is 7.98. The summed E-state index contributed by atoms with van der Waals surface area (Å²) in [5.41, 5.74) is 0.866. The predicted octanol–water partition coefficient (Wildman–Crippen LogP) is 2.17. The predicted molar refractivity (Wildman–Crippen MR) is 82.9 cm³/mol. The maximum absolute atomic E-state index is 5.98. The lowest BCUT2D eigenvalue weighted by molar-refractivity contribution is -0.178. The van der Waals surface area contributed by atoms with Gasteiger partial charge in [0.05, 0.1) is 18.3 Å². The molecule has 122 valence electrons. The minimum Gasteiger partial charge on any atom is -0.356 e. The van der Waals surface area contributed by atoms with Gasteiger partial charge in [-0.15, -0.1) is 0 Å². The number of anilines is 1. The highest BCUT2D eigenvalue weighted by molar-refractivity contribution is 5.69. The molecule has 0 aliphatic carbocycles. The second kappa shape index (κ2) is 5.58. The highest BCUT2D eigenvalue weighted by Crippen LogP contribution is 2.37. The first-order chi connectivity index (χ1) is 11.2. The Kier molecular flexibility index (Phi) is 3.54. The quantitative estimate of drug-likeness (QED) is 0.840. The third-order valence-electron chi connectivity index (χ3n) is 4.37. The number of rotatable bonds is 2. The van der Waals surface area contributed by atoms with Gasteiger partial charge in [0.15, 0.2) is 11.6 Å². The molecular formula is C16H20N4O3. The van der Waals surface area contributed by atoms with Crippen LogP contribution in [-0.4, -0.2) is 46.7 Å². The van der Waals surface area contributed by atoms with Crippen LogP contribution in [-0.2, 0) is 9.47 Å². The van der Waals surface area contributed by atoms with Gasteiger partial charge in [-0.1, -0.05) is 5.16 Å². The van der Waals surface area contributed by atoms with E-state index in [2.05, 4.69) is 26.9 Å². The van der Waals surface area contributed by atoms with Gasteiger partial charge in [0.2, 0.25) is 0 Å². The highest BCUT2D eigenvalue weighted by Gasteiger charge is 2.43. The van der Waals surface area contributed by atoms with Crippen molar-refractivity contribution in [2.75, 3.05) is 24.6 Å². The SMILES string of the molecule is Cc1noc(-c2cccnc2N2CCC3(CC2)OC[C@@H](C)O3)n1. The lowest BCUT2D eigenvalue weighted by Crippen LogP contribution is -2.45. The zero-order chi connectivity index (χ0) is 15.9. The second-order valence-electron chi connectivity index (χ2n) is 6.16. The smallest absolute Gasteiger partial charge is 0.261 e. The lowest BCUT2D eigenvalue weighted by atomic mass is 10.0. The summed E-state index contributed by atoms with van der Waals surface area (Å²) in [6.07, 6.45) is 3.62. The van der Waals surface area contributed by atoms with Crippen LogP contribution in [0.15, 0.2) is 22.9 Å². The summed E-state index contributed by atoms with van der Waals surface area (Å²) in [6, 6.07) is 3.85. The number of pyridine rings is 1. The molecule has 2 aromatic rings. The largest absolute Gasteiger partial charge is 0.356 e. The summed E-state index contributed by atoms with van der Waals surface area (Å²) in [5.74, 6) is 1.59. The zero-order valence-corrected chi connectivity index (χ0v) is 13.4. The first kappa shape index (κ1) is 14.6. The molecule has 7 nitrogen and oxygen atoms in total. The Hall–Kier alpha value is -1.99. The Labute approximate surface area is 134 Å². The van der Waals surface area contributed by atoms with Crippen LogP contribution in [0.2, 0.25) is 0 Å². The minimum absolute atomic E-state index is 0.174. The number of piperidine rings is 1. The van der Waals surface area contributed by atoms with Crippen molar-refractivity contribution in [2.24, 2.45) is 0 Å². The van der Waals surface area contributed by atoms with Gasteiger partial charge in [-0.05, 0) is 26.0 Å². The number of ether oxygens (including phenoxy) is 2. The van der Waals surface area contributed by atoms with Gasteiger partial charge in [-0.25, -0.2) is 4.98 Å². The van der Waals surface area contributed by atoms with Crippen molar-refractivity contribution in [1.29, 1.82) is 0 Å². The molecule has 2 aliphatic heterocycles. The van der Waals surface area contributed by atoms with E-state index in [0.717, 1.165) is 37.3 Å². The summed E-state index contributed by atoms with van der Waals surface area (Å²) >= 11 is 0. The Morgan fingerprint density at radius 2 is 2.13 bits per heavy atom. The van der Waals surface area contributed by atoms with E-state index < -0.39 is 5.79 Å². The number of hydrogen-bond donors (Lipinski definition) is 0. The average Bonchev–Trinajstić information content (AvgIpc) is 3.15. The number of nitrogens with zero attached hydrogens (tertiary/aromatic N) is 4. The fourth-order valence-corrected chi connectivity index (χ4v) is 3.25. The molecule has 0 amide bonds. The molecule has 23 heavy (non-hydrogen) atoms. The molecular weight excluding hydrogens is 296 g/mol. The summed E-state index contributed by atoms with van der Waals surface area (Å²) in [5, 5.41) is 3.87. The summed E-state index contributed by atoms with van der Waals surface area (Å²) in [6.45, 7) is 6.18. The molecule has 2 aliphatic rings. The first-order valence-corrected chi connectivity index (χ1v) is 7.98. The Bertz CT molecular complexity index is 694. The van der Waals surface area contributed by atoms with Crippen LogP contribution in [0.25, 0.3) is 11.5 Å². The van der Waals surface area contributed by atoms with Crippen molar-refractivity contribution < 1.29 is 14.0 Å². The third-order valence-corrected chi connectivity index (χ3v) is 4.37. The van der Waals surface area contributed by atoms with Gasteiger partial charge in [-0.2, -0.15) is 4.98 Å². The van der Waals surface area contributed by atoms with E-state index in [9.17, 15) is 0 Å². The van der Waals surface area contributed by atoms with Gasteiger partial charge in [0, 0.05) is 32.1 Å². The van der Waals surface area contributed by atoms with Gasteiger partial charge in [0.1, 0.15) is 5.82 Å². The molecule has 4 rings (SSSR count). The molecule has 2 fully saturated rings. The zero-order valence-electron chi connectivity index (χ0n) is 13.4. The van der Waals surface area contributed by atoms with E-state index in [4.69, 9.17) is 14.0 Å². The molecule has 0 N–H and O–H groups in total. The number of aryl methyl sites for hydroxylation is 1. The van der Waals surface area contributed by atoms with Crippen LogP contribution in [0.3, 0.4) is 0 Å². The topological polar surface area (TPSA) is 73.5 Å². The molecule has 0 saturated carbocycles. The fourth-order valence-electron chi connectivity index (χ4n) is 3.25. The van der Waals surface area contributed by atoms with Crippen LogP contribution in [0, 0.1) is 6.92 Å². The molecule has 7 heteroatoms. The van der Waals surface area contributed by atoms with Gasteiger partial charge in [0.25, 0.3) is 5.89 Å². The third kappa shape index (κ3) is 2.70. The van der Waals surface area contributed by atoms with Crippen LogP contribution in [0.1, 0.15) is 25.6 Å². The molecule has 0 radical (unpaired) electrons. The Morgan fingerprint density at radius 1 is 1.30 bits per heavy atom. The summed E-state index contributed by atoms with van der Waals surface area (Å²) < 4.78 is 17.2. The summed E-state index contributed by atoms with van der Waals surface area (Å²) in [7, 11) is 0. The molecule has 0 unspecified atom stereocenters. The second-order valence-corrected chi connectivity index (χ2v) is 6.16. The maximum atomic E-state index is 5.98. The van der Waals surface area contributed by atoms with E-state index in [0.29, 0.717) is 18.3 Å². The molecule has 1 spiro atoms. The highest BCUT2D eigenvalue weighted by atomic mass is 16.7. The van der Waals surface area contributed by atoms with Gasteiger partial charge < -0.3 is 18.9 Å². The maximum Gasteiger partial charge on any atom is 0.261 e. The summed E-state index contributed by atoms with van der Waals surface area (Å²) in [4.78, 5) is 11.1. The van der Waals surface area contributed by atoms with Crippen molar-refractivity contribution in [3.8, 4) is 11.5 Å². The van der Waals surface area contributed by atoms with Crippen molar-refractivity contribution in [3.63, 3.8) is 0 Å². The molecule has 2 saturated heterocycles. The van der Waals surface area contributed by atoms with Crippen molar-refractivity contribution in [1.82, 2.24) is 15.1 Å². The Balaban J connectivity index is 1.56. The van der Waals surface area contributed by atoms with Crippen LogP contribution in [0.5, 0.6) is 0 Å². The lowest BCUT2D eigenvalue weighted by Gasteiger charge is -2.38. The Morgan fingerprint density at radius 3 is 2.78 bits per heavy atom. The van der Waals surface area contributed by atoms with Crippen molar-refractivity contribution in [2.45, 2.75) is 38.6 Å². The number of hydrogen-bond acceptors (Lipinski definition) is 7. The molecule has 4 heterocycles. The van der Waals surface area contributed by atoms with Crippen molar-refractivity contribution in [3.05, 3.63) is 24.2 Å². The van der Waals surface area contributed by atoms with Gasteiger partial charge in [-0.3, -0.25) is 0 Å². The molecule has 0 bridgehead atoms. The van der Waals surface area contributed by atoms with E-state index in [-0.39, 0.29) is 6.10 Å². The van der Waals surface area contributed by atoms with Crippen molar-refractivity contribution >= 4 is 5.82 Å². The molecule has 0 aromatic carbocycles. The average molecular weight is 316 g/mol. The molecule has 1 atom stereocenters. The van der Waals surface area contributed by atoms with Crippen LogP contribution < -0.4 is 4.90 Å². The monoisotopic (exact) mass is 316 g/mol. The van der Waals surface area contributed by atoms with Crippen LogP contribution in [0.4, 0.5) is 5.82 Å². The van der Waals surface area contributed by atoms with E-state index in [1.165, 1.54) is 0 Å². The normalized spacial score (nSPS) is 23.6. The molecule has 2 aromatic heterocycles. The standard InChI is InChI=1S/C16H20N4O3/c1-11-10-21-16(22-11)5-8-20(9-6-16)14-13(4-3-7-17-14)15-18-12(2)19-23-15/h3-4,7,11H,5-6,8-10H2,1-2H3/t11-/m1/s1. The van der Waals surface area contributed by atoms with Gasteiger partial charge >= 0.3 is 0 Å². The van der Waals surface area contributed by atoms with E-state index >= 15 is 0 Å². The fraction of sp³-hybridized carbons (Fsp3) is 0.562. The number of aromatic nitrogens is 3. The minimum atomic E-state index is -0.411. The van der Waals surface area contributed by atoms with Crippen LogP contribution >= 0.6 is 0 Å².